The van der Waals surface area contributed by atoms with Gasteiger partial charge in [-0.1, -0.05) is 26.0 Å². The second-order valence-corrected chi connectivity index (χ2v) is 9.95. The van der Waals surface area contributed by atoms with E-state index in [2.05, 4.69) is 35.3 Å². The molecule has 0 atom stereocenters. The highest BCUT2D eigenvalue weighted by molar-refractivity contribution is 5.85. The van der Waals surface area contributed by atoms with E-state index < -0.39 is 11.9 Å². The molecule has 2 N–H and O–H groups in total. The molecule has 206 valence electrons. The summed E-state index contributed by atoms with van der Waals surface area (Å²) in [4.78, 5) is 25.6. The molecule has 1 aliphatic carbocycles. The van der Waals surface area contributed by atoms with Crippen molar-refractivity contribution in [1.29, 1.82) is 0 Å². The van der Waals surface area contributed by atoms with Crippen molar-refractivity contribution >= 4 is 17.0 Å². The third kappa shape index (κ3) is 4.82. The van der Waals surface area contributed by atoms with E-state index in [-0.39, 0.29) is 5.92 Å². The van der Waals surface area contributed by atoms with Crippen molar-refractivity contribution in [1.82, 2.24) is 39.7 Å². The largest absolute Gasteiger partial charge is 0.480 e. The Labute approximate surface area is 227 Å². The summed E-state index contributed by atoms with van der Waals surface area (Å²) in [5.74, 6) is 1.54. The van der Waals surface area contributed by atoms with Crippen LogP contribution in [0, 0.1) is 0 Å². The molecule has 13 heteroatoms. The van der Waals surface area contributed by atoms with E-state index in [9.17, 15) is 13.2 Å². The fraction of sp³-hybridized carbons (Fsp3) is 0.333. The summed E-state index contributed by atoms with van der Waals surface area (Å²) in [6.07, 6.45) is 0.599. The van der Waals surface area contributed by atoms with Crippen molar-refractivity contribution in [3.8, 4) is 23.0 Å². The fourth-order valence-electron chi connectivity index (χ4n) is 4.58. The number of ether oxygens (including phenoxy) is 1. The number of aromatic amines is 1. The lowest BCUT2D eigenvalue weighted by molar-refractivity contribution is -0.141. The Hall–Kier alpha value is -4.55. The van der Waals surface area contributed by atoms with Crippen molar-refractivity contribution < 1.29 is 17.9 Å². The van der Waals surface area contributed by atoms with Crippen LogP contribution < -0.4 is 10.1 Å². The highest BCUT2D eigenvalue weighted by atomic mass is 19.4. The molecule has 1 saturated carbocycles. The second kappa shape index (κ2) is 9.88. The Kier molecular flexibility index (Phi) is 6.35. The van der Waals surface area contributed by atoms with Gasteiger partial charge >= 0.3 is 6.18 Å². The summed E-state index contributed by atoms with van der Waals surface area (Å²) in [5.41, 5.74) is 3.66. The van der Waals surface area contributed by atoms with E-state index in [0.29, 0.717) is 58.1 Å². The number of anilines is 1. The zero-order valence-corrected chi connectivity index (χ0v) is 22.0. The van der Waals surface area contributed by atoms with E-state index >= 15 is 0 Å². The second-order valence-electron chi connectivity index (χ2n) is 9.95. The molecule has 4 heterocycles. The average molecular weight is 550 g/mol. The monoisotopic (exact) mass is 549 g/mol. The summed E-state index contributed by atoms with van der Waals surface area (Å²) in [6, 6.07) is 8.28. The van der Waals surface area contributed by atoms with Gasteiger partial charge in [-0.25, -0.2) is 29.6 Å². The molecule has 6 rings (SSSR count). The lowest BCUT2D eigenvalue weighted by Gasteiger charge is -2.13. The Bertz CT molecular complexity index is 1670. The molecule has 0 saturated heterocycles. The molecular weight excluding hydrogens is 523 g/mol. The van der Waals surface area contributed by atoms with Crippen molar-refractivity contribution in [2.45, 2.75) is 51.2 Å². The van der Waals surface area contributed by atoms with E-state index in [1.54, 1.807) is 25.6 Å². The van der Waals surface area contributed by atoms with Crippen LogP contribution in [0.15, 0.2) is 43.0 Å². The molecule has 1 aromatic carbocycles. The maximum absolute atomic E-state index is 13.3. The minimum absolute atomic E-state index is 0.136. The maximum Gasteiger partial charge on any atom is 0.435 e. The van der Waals surface area contributed by atoms with E-state index in [4.69, 9.17) is 9.72 Å². The van der Waals surface area contributed by atoms with Gasteiger partial charge in [-0.05, 0) is 42.5 Å². The quantitative estimate of drug-likeness (QED) is 0.255. The van der Waals surface area contributed by atoms with Crippen LogP contribution in [0.5, 0.6) is 5.88 Å². The Balaban J connectivity index is 1.29. The summed E-state index contributed by atoms with van der Waals surface area (Å²) >= 11 is 0. The van der Waals surface area contributed by atoms with Gasteiger partial charge in [0.25, 0.3) is 0 Å². The maximum atomic E-state index is 13.3. The smallest absolute Gasteiger partial charge is 0.435 e. The number of nitrogens with one attached hydrogen (secondary N) is 2. The molecule has 5 aromatic rings. The summed E-state index contributed by atoms with van der Waals surface area (Å²) < 4.78 is 46.8. The number of rotatable bonds is 8. The molecule has 0 unspecified atom stereocenters. The predicted molar refractivity (Wildman–Crippen MR) is 141 cm³/mol. The van der Waals surface area contributed by atoms with Gasteiger partial charge in [0.05, 0.1) is 24.8 Å². The molecule has 0 bridgehead atoms. The number of H-pyrrole nitrogens is 1. The Morgan fingerprint density at radius 1 is 1.10 bits per heavy atom. The number of imidazole rings is 1. The van der Waals surface area contributed by atoms with Gasteiger partial charge in [-0.15, -0.1) is 0 Å². The summed E-state index contributed by atoms with van der Waals surface area (Å²) in [7, 11) is 1.55. The number of nitrogens with zero attached hydrogens (tertiary/aromatic N) is 7. The van der Waals surface area contributed by atoms with Crippen LogP contribution in [-0.4, -0.2) is 46.8 Å². The Morgan fingerprint density at radius 2 is 1.88 bits per heavy atom. The molecular formula is C27H26F3N9O. The van der Waals surface area contributed by atoms with Crippen molar-refractivity contribution in [2.24, 2.45) is 0 Å². The predicted octanol–water partition coefficient (Wildman–Crippen LogP) is 5.64. The van der Waals surface area contributed by atoms with Gasteiger partial charge < -0.3 is 15.0 Å². The summed E-state index contributed by atoms with van der Waals surface area (Å²) in [5, 5.41) is 7.17. The van der Waals surface area contributed by atoms with Crippen LogP contribution >= 0.6 is 0 Å². The van der Waals surface area contributed by atoms with Crippen LogP contribution in [0.2, 0.25) is 0 Å². The first-order valence-corrected chi connectivity index (χ1v) is 12.8. The van der Waals surface area contributed by atoms with Gasteiger partial charge in [-0.3, -0.25) is 0 Å². The van der Waals surface area contributed by atoms with Crippen LogP contribution in [-0.2, 0) is 12.7 Å². The van der Waals surface area contributed by atoms with E-state index in [0.717, 1.165) is 30.2 Å². The molecule has 0 aliphatic heterocycles. The third-order valence-corrected chi connectivity index (χ3v) is 6.77. The number of alkyl halides is 3. The first-order chi connectivity index (χ1) is 19.2. The SMILES string of the molecule is COc1ncnc(C2CC2)c1-c1nc(NCc2ccc(-n3nc(C(F)(F)F)cc3C(C)C)cc2)c2[nH]cnc2n1. The summed E-state index contributed by atoms with van der Waals surface area (Å²) in [6.45, 7) is 4.07. The standard InChI is InChI=1S/C27H26F3N9O/c1-14(2)18-10-19(27(28,29)30)38-39(18)17-8-4-15(5-9-17)11-31-24-22-25(34-12-33-22)37-23(36-24)20-21(16-6-7-16)32-13-35-26(20)40-3/h4-5,8-10,12-14,16H,6-7,11H2,1-3H3,(H2,31,33,34,36,37). The fourth-order valence-corrected chi connectivity index (χ4v) is 4.58. The zero-order chi connectivity index (χ0) is 28.0. The molecule has 0 amide bonds. The highest BCUT2D eigenvalue weighted by Gasteiger charge is 2.35. The topological polar surface area (TPSA) is 119 Å². The number of hydrogen-bond acceptors (Lipinski definition) is 8. The van der Waals surface area contributed by atoms with Gasteiger partial charge in [0.15, 0.2) is 23.0 Å². The molecule has 1 aliphatic rings. The van der Waals surface area contributed by atoms with Gasteiger partial charge in [0.2, 0.25) is 5.88 Å². The minimum Gasteiger partial charge on any atom is -0.480 e. The van der Waals surface area contributed by atoms with Crippen LogP contribution in [0.1, 0.15) is 61.2 Å². The van der Waals surface area contributed by atoms with Crippen LogP contribution in [0.4, 0.5) is 19.0 Å². The number of hydrogen-bond donors (Lipinski definition) is 2. The number of halogens is 3. The Morgan fingerprint density at radius 3 is 2.55 bits per heavy atom. The molecule has 40 heavy (non-hydrogen) atoms. The first kappa shape index (κ1) is 25.7. The molecule has 10 nitrogen and oxygen atoms in total. The van der Waals surface area contributed by atoms with Crippen molar-refractivity contribution in [2.75, 3.05) is 12.4 Å². The normalized spacial score (nSPS) is 13.8. The number of aromatic nitrogens is 8. The minimum atomic E-state index is -4.51. The van der Waals surface area contributed by atoms with Gasteiger partial charge in [0, 0.05) is 18.2 Å². The average Bonchev–Trinajstić information content (AvgIpc) is 3.48. The van der Waals surface area contributed by atoms with Crippen LogP contribution in [0.3, 0.4) is 0 Å². The van der Waals surface area contributed by atoms with E-state index in [1.165, 1.54) is 11.0 Å². The lowest BCUT2D eigenvalue weighted by Crippen LogP contribution is -2.08. The number of methoxy groups -OCH3 is 1. The van der Waals surface area contributed by atoms with E-state index in [1.807, 2.05) is 26.0 Å². The molecule has 0 spiro atoms. The molecule has 0 radical (unpaired) electrons. The van der Waals surface area contributed by atoms with Gasteiger partial charge in [0.1, 0.15) is 17.4 Å². The van der Waals surface area contributed by atoms with Crippen LogP contribution in [0.25, 0.3) is 28.2 Å². The van der Waals surface area contributed by atoms with Gasteiger partial charge in [-0.2, -0.15) is 18.3 Å². The molecule has 1 fully saturated rings. The third-order valence-electron chi connectivity index (χ3n) is 6.77. The lowest BCUT2D eigenvalue weighted by atomic mass is 10.1. The number of benzene rings is 1. The highest BCUT2D eigenvalue weighted by Crippen LogP contribution is 2.45. The zero-order valence-electron chi connectivity index (χ0n) is 22.0. The number of fused-ring (bicyclic) bond motifs is 1. The first-order valence-electron chi connectivity index (χ1n) is 12.8. The molecule has 4 aromatic heterocycles. The van der Waals surface area contributed by atoms with Crippen molar-refractivity contribution in [3.05, 3.63) is 65.6 Å². The van der Waals surface area contributed by atoms with Crippen molar-refractivity contribution in [3.63, 3.8) is 0 Å².